The van der Waals surface area contributed by atoms with E-state index in [0.29, 0.717) is 23.6 Å². The van der Waals surface area contributed by atoms with Crippen LogP contribution in [0.4, 0.5) is 15.8 Å². The first-order valence-electron chi connectivity index (χ1n) is 8.85. The second-order valence-electron chi connectivity index (χ2n) is 8.01. The molecule has 1 aliphatic carbocycles. The number of halogens is 2. The Balaban J connectivity index is 1.73. The number of allylic oxidation sites excluding steroid dienone is 4. The topological polar surface area (TPSA) is 32.3 Å². The zero-order valence-corrected chi connectivity index (χ0v) is 16.2. The standard InChI is InChI=1S/C21H24ClFN2O/c1-21(2,3)12-20(26)24-19-7-6-17(11-18(19)22)25-9-8-14-10-16(23)5-4-15(14)13-25/h5-7,10-11,13H,4,8-9,12H2,1-3H3,(H,24,26). The SMILES string of the molecule is CC(C)(C)CC(=O)Nc1ccc(N2C=C3CC=C(F)C=C3CC2)cc1Cl. The lowest BCUT2D eigenvalue weighted by Gasteiger charge is -2.30. The van der Waals surface area contributed by atoms with Gasteiger partial charge in [-0.25, -0.2) is 4.39 Å². The van der Waals surface area contributed by atoms with Gasteiger partial charge in [0.05, 0.1) is 10.7 Å². The predicted molar refractivity (Wildman–Crippen MR) is 106 cm³/mol. The van der Waals surface area contributed by atoms with E-state index in [1.165, 1.54) is 0 Å². The van der Waals surface area contributed by atoms with Crippen LogP contribution in [0.3, 0.4) is 0 Å². The third-order valence-electron chi connectivity index (χ3n) is 4.42. The molecular formula is C21H24ClFN2O. The minimum absolute atomic E-state index is 0.0435. The monoisotopic (exact) mass is 374 g/mol. The second-order valence-corrected chi connectivity index (χ2v) is 8.42. The number of benzene rings is 1. The van der Waals surface area contributed by atoms with Gasteiger partial charge in [0, 0.05) is 24.9 Å². The van der Waals surface area contributed by atoms with Crippen molar-refractivity contribution in [2.45, 2.75) is 40.0 Å². The summed E-state index contributed by atoms with van der Waals surface area (Å²) in [5, 5.41) is 3.40. The highest BCUT2D eigenvalue weighted by atomic mass is 35.5. The number of anilines is 2. The highest BCUT2D eigenvalue weighted by Crippen LogP contribution is 2.34. The van der Waals surface area contributed by atoms with Crippen molar-refractivity contribution in [2.75, 3.05) is 16.8 Å². The molecule has 0 atom stereocenters. The third kappa shape index (κ3) is 4.55. The van der Waals surface area contributed by atoms with E-state index in [4.69, 9.17) is 11.6 Å². The van der Waals surface area contributed by atoms with E-state index in [-0.39, 0.29) is 17.1 Å². The van der Waals surface area contributed by atoms with Crippen LogP contribution < -0.4 is 10.2 Å². The van der Waals surface area contributed by atoms with Crippen LogP contribution in [0.5, 0.6) is 0 Å². The minimum atomic E-state index is -0.149. The Morgan fingerprint density at radius 2 is 2.08 bits per heavy atom. The third-order valence-corrected chi connectivity index (χ3v) is 4.74. The number of rotatable bonds is 3. The number of fused-ring (bicyclic) bond motifs is 1. The van der Waals surface area contributed by atoms with Gasteiger partial charge in [-0.1, -0.05) is 32.4 Å². The Labute approximate surface area is 159 Å². The van der Waals surface area contributed by atoms with Gasteiger partial charge in [-0.15, -0.1) is 0 Å². The van der Waals surface area contributed by atoms with E-state index in [1.54, 1.807) is 12.2 Å². The maximum Gasteiger partial charge on any atom is 0.224 e. The molecule has 0 spiro atoms. The van der Waals surface area contributed by atoms with Crippen LogP contribution in [0.1, 0.15) is 40.0 Å². The summed E-state index contributed by atoms with van der Waals surface area (Å²) in [6.45, 7) is 6.84. The molecule has 0 radical (unpaired) electrons. The van der Waals surface area contributed by atoms with Gasteiger partial charge in [0.2, 0.25) is 5.91 Å². The molecule has 138 valence electrons. The van der Waals surface area contributed by atoms with Crippen molar-refractivity contribution in [1.82, 2.24) is 0 Å². The van der Waals surface area contributed by atoms with Crippen LogP contribution in [0.25, 0.3) is 0 Å². The van der Waals surface area contributed by atoms with E-state index >= 15 is 0 Å². The van der Waals surface area contributed by atoms with Crippen molar-refractivity contribution in [3.05, 3.63) is 58.5 Å². The summed E-state index contributed by atoms with van der Waals surface area (Å²) in [5.74, 6) is -0.193. The lowest BCUT2D eigenvalue weighted by molar-refractivity contribution is -0.117. The first kappa shape index (κ1) is 18.7. The molecule has 1 N–H and O–H groups in total. The highest BCUT2D eigenvalue weighted by Gasteiger charge is 2.20. The Bertz CT molecular complexity index is 818. The molecule has 0 saturated carbocycles. The number of amides is 1. The maximum atomic E-state index is 13.4. The average molecular weight is 375 g/mol. The number of carbonyl (C=O) groups is 1. The van der Waals surface area contributed by atoms with E-state index in [1.807, 2.05) is 39.0 Å². The molecule has 0 aromatic heterocycles. The molecule has 2 aliphatic rings. The van der Waals surface area contributed by atoms with Crippen molar-refractivity contribution >= 4 is 28.9 Å². The Morgan fingerprint density at radius 3 is 2.77 bits per heavy atom. The van der Waals surface area contributed by atoms with Crippen LogP contribution in [-0.4, -0.2) is 12.5 Å². The fraction of sp³-hybridized carbons (Fsp3) is 0.381. The quantitative estimate of drug-likeness (QED) is 0.704. The summed E-state index contributed by atoms with van der Waals surface area (Å²) in [7, 11) is 0. The van der Waals surface area contributed by atoms with E-state index < -0.39 is 0 Å². The van der Waals surface area contributed by atoms with E-state index in [2.05, 4.69) is 16.4 Å². The van der Waals surface area contributed by atoms with Crippen LogP contribution in [-0.2, 0) is 4.79 Å². The predicted octanol–water partition coefficient (Wildman–Crippen LogP) is 5.99. The number of nitrogens with zero attached hydrogens (tertiary/aromatic N) is 1. The molecule has 1 heterocycles. The number of hydrogen-bond acceptors (Lipinski definition) is 2. The number of hydrogen-bond donors (Lipinski definition) is 1. The minimum Gasteiger partial charge on any atom is -0.347 e. The molecule has 5 heteroatoms. The first-order chi connectivity index (χ1) is 12.2. The normalized spacial score (nSPS) is 17.1. The van der Waals surface area contributed by atoms with Crippen LogP contribution in [0, 0.1) is 5.41 Å². The average Bonchev–Trinajstić information content (AvgIpc) is 2.54. The first-order valence-corrected chi connectivity index (χ1v) is 9.22. The molecule has 0 saturated heterocycles. The molecule has 1 aromatic carbocycles. The molecule has 0 bridgehead atoms. The van der Waals surface area contributed by atoms with Gasteiger partial charge in [0.25, 0.3) is 0 Å². The van der Waals surface area contributed by atoms with Gasteiger partial charge in [-0.2, -0.15) is 0 Å². The second kappa shape index (κ2) is 7.28. The van der Waals surface area contributed by atoms with Gasteiger partial charge in [0.1, 0.15) is 5.83 Å². The Hall–Kier alpha value is -2.07. The maximum absolute atomic E-state index is 13.4. The van der Waals surface area contributed by atoms with Gasteiger partial charge in [-0.05, 0) is 59.8 Å². The summed E-state index contributed by atoms with van der Waals surface area (Å²) in [5.41, 5.74) is 3.72. The summed E-state index contributed by atoms with van der Waals surface area (Å²) >= 11 is 6.39. The highest BCUT2D eigenvalue weighted by molar-refractivity contribution is 6.34. The van der Waals surface area contributed by atoms with Crippen molar-refractivity contribution < 1.29 is 9.18 Å². The number of nitrogens with one attached hydrogen (secondary N) is 1. The van der Waals surface area contributed by atoms with Crippen molar-refractivity contribution in [1.29, 1.82) is 0 Å². The van der Waals surface area contributed by atoms with Crippen LogP contribution >= 0.6 is 11.6 Å². The van der Waals surface area contributed by atoms with E-state index in [0.717, 1.165) is 29.8 Å². The van der Waals surface area contributed by atoms with E-state index in [9.17, 15) is 9.18 Å². The van der Waals surface area contributed by atoms with Gasteiger partial charge in [0.15, 0.2) is 0 Å². The molecule has 3 nitrogen and oxygen atoms in total. The van der Waals surface area contributed by atoms with Gasteiger partial charge >= 0.3 is 0 Å². The summed E-state index contributed by atoms with van der Waals surface area (Å²) in [4.78, 5) is 14.2. The molecule has 3 rings (SSSR count). The molecule has 26 heavy (non-hydrogen) atoms. The molecule has 0 fully saturated rings. The van der Waals surface area contributed by atoms with Crippen LogP contribution in [0.2, 0.25) is 5.02 Å². The zero-order chi connectivity index (χ0) is 18.9. The molecular weight excluding hydrogens is 351 g/mol. The smallest absolute Gasteiger partial charge is 0.224 e. The fourth-order valence-electron chi connectivity index (χ4n) is 3.18. The molecule has 1 amide bonds. The van der Waals surface area contributed by atoms with Gasteiger partial charge < -0.3 is 10.2 Å². The van der Waals surface area contributed by atoms with Crippen molar-refractivity contribution in [2.24, 2.45) is 5.41 Å². The lowest BCUT2D eigenvalue weighted by Crippen LogP contribution is -2.24. The van der Waals surface area contributed by atoms with Crippen molar-refractivity contribution in [3.8, 4) is 0 Å². The van der Waals surface area contributed by atoms with Crippen LogP contribution in [0.15, 0.2) is 53.5 Å². The van der Waals surface area contributed by atoms with Gasteiger partial charge in [-0.3, -0.25) is 4.79 Å². The zero-order valence-electron chi connectivity index (χ0n) is 15.4. The Morgan fingerprint density at radius 1 is 1.31 bits per heavy atom. The lowest BCUT2D eigenvalue weighted by atomic mass is 9.92. The largest absolute Gasteiger partial charge is 0.347 e. The number of carbonyl (C=O) groups excluding carboxylic acids is 1. The van der Waals surface area contributed by atoms with Crippen molar-refractivity contribution in [3.63, 3.8) is 0 Å². The molecule has 1 aliphatic heterocycles. The Kier molecular flexibility index (Phi) is 5.24. The fourth-order valence-corrected chi connectivity index (χ4v) is 3.40. The summed E-state index contributed by atoms with van der Waals surface area (Å²) < 4.78 is 13.4. The summed E-state index contributed by atoms with van der Waals surface area (Å²) in [6.07, 6.45) is 7.12. The molecule has 1 aromatic rings. The molecule has 0 unspecified atom stereocenters. The summed E-state index contributed by atoms with van der Waals surface area (Å²) in [6, 6.07) is 5.64.